The topological polar surface area (TPSA) is 98.5 Å². The zero-order valence-corrected chi connectivity index (χ0v) is 17.9. The van der Waals surface area contributed by atoms with Crippen molar-refractivity contribution in [1.82, 2.24) is 19.6 Å². The van der Waals surface area contributed by atoms with Gasteiger partial charge in [-0.3, -0.25) is 4.40 Å². The molecule has 4 aromatic rings. The normalized spacial score (nSPS) is 20.9. The minimum Gasteiger partial charge on any atom is -0.489 e. The summed E-state index contributed by atoms with van der Waals surface area (Å²) < 4.78 is 46.3. The second-order valence-electron chi connectivity index (χ2n) is 8.41. The molecule has 0 spiro atoms. The fraction of sp³-hybridized carbons (Fsp3) is 0.174. The van der Waals surface area contributed by atoms with Gasteiger partial charge in [0.1, 0.15) is 24.0 Å². The number of aromatic nitrogens is 4. The summed E-state index contributed by atoms with van der Waals surface area (Å²) in [6.45, 7) is 0.253. The van der Waals surface area contributed by atoms with Crippen LogP contribution < -0.4 is 10.1 Å². The molecule has 0 amide bonds. The van der Waals surface area contributed by atoms with E-state index in [-0.39, 0.29) is 29.3 Å². The SMILES string of the molecule is O=S1(=O)C=Cc2cc(-c3cnc(NCc4c(F)ccc5c4[C@H]4CC4O5)n4cnnc34)ccc21. The molecule has 1 fully saturated rings. The van der Waals surface area contributed by atoms with E-state index in [9.17, 15) is 12.8 Å². The fourth-order valence-electron chi connectivity index (χ4n) is 4.74. The summed E-state index contributed by atoms with van der Waals surface area (Å²) in [6.07, 6.45) is 5.90. The molecule has 0 bridgehead atoms. The molecule has 4 heterocycles. The van der Waals surface area contributed by atoms with Crippen molar-refractivity contribution in [3.05, 3.63) is 70.8 Å². The van der Waals surface area contributed by atoms with Gasteiger partial charge in [0, 0.05) is 40.8 Å². The van der Waals surface area contributed by atoms with Crippen LogP contribution >= 0.6 is 0 Å². The van der Waals surface area contributed by atoms with E-state index in [0.717, 1.165) is 23.3 Å². The maximum atomic E-state index is 14.6. The molecule has 164 valence electrons. The molecule has 8 nitrogen and oxygen atoms in total. The average molecular weight is 461 g/mol. The molecule has 3 aliphatic rings. The quantitative estimate of drug-likeness (QED) is 0.496. The van der Waals surface area contributed by atoms with Crippen LogP contribution in [0, 0.1) is 5.82 Å². The smallest absolute Gasteiger partial charge is 0.210 e. The van der Waals surface area contributed by atoms with Crippen LogP contribution in [0.15, 0.2) is 53.2 Å². The first kappa shape index (κ1) is 18.8. The Balaban J connectivity index is 1.24. The Labute approximate surface area is 187 Å². The highest BCUT2D eigenvalue weighted by Gasteiger charge is 2.49. The molecule has 2 aromatic carbocycles. The molecule has 0 saturated heterocycles. The van der Waals surface area contributed by atoms with Crippen LogP contribution in [0.5, 0.6) is 5.75 Å². The van der Waals surface area contributed by atoms with Crippen LogP contribution in [0.2, 0.25) is 0 Å². The molecule has 33 heavy (non-hydrogen) atoms. The van der Waals surface area contributed by atoms with Gasteiger partial charge in [-0.15, -0.1) is 10.2 Å². The third-order valence-corrected chi connectivity index (χ3v) is 7.93. The predicted molar refractivity (Wildman–Crippen MR) is 118 cm³/mol. The van der Waals surface area contributed by atoms with Crippen LogP contribution in [0.3, 0.4) is 0 Å². The number of fused-ring (bicyclic) bond motifs is 5. The number of anilines is 1. The van der Waals surface area contributed by atoms with Gasteiger partial charge in [-0.05, 0) is 47.9 Å². The van der Waals surface area contributed by atoms with Crippen LogP contribution in [-0.2, 0) is 16.4 Å². The third-order valence-electron chi connectivity index (χ3n) is 6.45. The number of ether oxygens (including phenoxy) is 1. The third kappa shape index (κ3) is 2.73. The van der Waals surface area contributed by atoms with Gasteiger partial charge in [0.2, 0.25) is 5.95 Å². The summed E-state index contributed by atoms with van der Waals surface area (Å²) in [4.78, 5) is 4.81. The Kier molecular flexibility index (Phi) is 3.63. The van der Waals surface area contributed by atoms with Crippen molar-refractivity contribution < 1.29 is 17.5 Å². The Morgan fingerprint density at radius 3 is 3.06 bits per heavy atom. The first-order chi connectivity index (χ1) is 16.0. The lowest BCUT2D eigenvalue weighted by molar-refractivity contribution is 0.318. The summed E-state index contributed by atoms with van der Waals surface area (Å²) in [5.41, 5.74) is 4.21. The van der Waals surface area contributed by atoms with Crippen LogP contribution in [0.4, 0.5) is 10.3 Å². The van der Waals surface area contributed by atoms with E-state index in [1.165, 1.54) is 17.8 Å². The van der Waals surface area contributed by atoms with Crippen LogP contribution in [0.1, 0.15) is 29.0 Å². The van der Waals surface area contributed by atoms with Crippen molar-refractivity contribution >= 4 is 27.5 Å². The Morgan fingerprint density at radius 1 is 1.24 bits per heavy atom. The van der Waals surface area contributed by atoms with Gasteiger partial charge < -0.3 is 10.1 Å². The number of rotatable bonds is 4. The lowest BCUT2D eigenvalue weighted by atomic mass is 10.0. The number of hydrogen-bond acceptors (Lipinski definition) is 7. The molecular formula is C23H16FN5O3S. The Bertz CT molecular complexity index is 1630. The van der Waals surface area contributed by atoms with E-state index in [2.05, 4.69) is 20.5 Å². The van der Waals surface area contributed by atoms with Gasteiger partial charge in [0.15, 0.2) is 15.5 Å². The lowest BCUT2D eigenvalue weighted by Gasteiger charge is -2.14. The lowest BCUT2D eigenvalue weighted by Crippen LogP contribution is -2.10. The predicted octanol–water partition coefficient (Wildman–Crippen LogP) is 3.55. The van der Waals surface area contributed by atoms with Crippen molar-refractivity contribution in [3.63, 3.8) is 0 Å². The Hall–Kier alpha value is -3.79. The molecule has 1 aliphatic carbocycles. The summed E-state index contributed by atoms with van der Waals surface area (Å²) in [6, 6.07) is 8.25. The van der Waals surface area contributed by atoms with Gasteiger partial charge in [0.25, 0.3) is 0 Å². The second-order valence-corrected chi connectivity index (χ2v) is 10.2. The van der Waals surface area contributed by atoms with Crippen LogP contribution in [-0.4, -0.2) is 34.1 Å². The number of benzene rings is 2. The zero-order chi connectivity index (χ0) is 22.3. The zero-order valence-electron chi connectivity index (χ0n) is 17.1. The van der Waals surface area contributed by atoms with Gasteiger partial charge >= 0.3 is 0 Å². The van der Waals surface area contributed by atoms with Gasteiger partial charge in [-0.2, -0.15) is 0 Å². The molecule has 0 radical (unpaired) electrons. The minimum absolute atomic E-state index is 0.180. The molecule has 2 atom stereocenters. The standard InChI is InChI=1S/C23H16FN5O3S/c24-17-2-3-18-21(14-8-19(14)32-18)16(17)10-26-23-25-9-15(22-28-27-11-29(22)23)12-1-4-20-13(7-12)5-6-33(20,30)31/h1-7,9,11,14,19H,8,10H2,(H,25,26)/t14-,19?/m0/s1. The van der Waals surface area contributed by atoms with Gasteiger partial charge in [-0.25, -0.2) is 17.8 Å². The first-order valence-electron chi connectivity index (χ1n) is 10.5. The summed E-state index contributed by atoms with van der Waals surface area (Å²) >= 11 is 0. The van der Waals surface area contributed by atoms with E-state index in [4.69, 9.17) is 4.74 Å². The maximum absolute atomic E-state index is 14.6. The molecule has 1 unspecified atom stereocenters. The van der Waals surface area contributed by atoms with Crippen molar-refractivity contribution in [2.75, 3.05) is 5.32 Å². The van der Waals surface area contributed by atoms with E-state index >= 15 is 0 Å². The van der Waals surface area contributed by atoms with Crippen molar-refractivity contribution in [1.29, 1.82) is 0 Å². The highest BCUT2D eigenvalue weighted by Crippen LogP contribution is 2.55. The molecule has 10 heteroatoms. The van der Waals surface area contributed by atoms with E-state index < -0.39 is 9.84 Å². The monoisotopic (exact) mass is 461 g/mol. The first-order valence-corrected chi connectivity index (χ1v) is 12.0. The van der Waals surface area contributed by atoms with Crippen molar-refractivity contribution in [2.24, 2.45) is 0 Å². The van der Waals surface area contributed by atoms with Gasteiger partial charge in [-0.1, -0.05) is 6.07 Å². The molecule has 7 rings (SSSR count). The molecule has 1 saturated carbocycles. The largest absolute Gasteiger partial charge is 0.489 e. The van der Waals surface area contributed by atoms with Crippen LogP contribution in [0.25, 0.3) is 22.9 Å². The summed E-state index contributed by atoms with van der Waals surface area (Å²) in [7, 11) is -3.36. The second kappa shape index (κ2) is 6.38. The van der Waals surface area contributed by atoms with E-state index in [0.29, 0.717) is 28.3 Å². The van der Waals surface area contributed by atoms with Gasteiger partial charge in [0.05, 0.1) is 4.90 Å². The molecular weight excluding hydrogens is 445 g/mol. The average Bonchev–Trinajstić information content (AvgIpc) is 3.12. The minimum atomic E-state index is -3.36. The highest BCUT2D eigenvalue weighted by molar-refractivity contribution is 7.94. The Morgan fingerprint density at radius 2 is 2.15 bits per heavy atom. The maximum Gasteiger partial charge on any atom is 0.210 e. The molecule has 2 aromatic heterocycles. The molecule has 1 N–H and O–H groups in total. The summed E-state index contributed by atoms with van der Waals surface area (Å²) in [5, 5.41) is 12.7. The van der Waals surface area contributed by atoms with E-state index in [1.807, 2.05) is 0 Å². The van der Waals surface area contributed by atoms with Crippen molar-refractivity contribution in [3.8, 4) is 16.9 Å². The van der Waals surface area contributed by atoms with Crippen molar-refractivity contribution in [2.45, 2.75) is 29.9 Å². The number of sulfone groups is 1. The number of halogens is 1. The highest BCUT2D eigenvalue weighted by atomic mass is 32.2. The molecule has 2 aliphatic heterocycles. The van der Waals surface area contributed by atoms with E-state index in [1.54, 1.807) is 40.9 Å². The number of nitrogens with one attached hydrogen (secondary N) is 1. The number of nitrogens with zero attached hydrogens (tertiary/aromatic N) is 4. The fourth-order valence-corrected chi connectivity index (χ4v) is 5.92. The number of hydrogen-bond donors (Lipinski definition) is 1. The summed E-state index contributed by atoms with van der Waals surface area (Å²) in [5.74, 6) is 1.25.